The van der Waals surface area contributed by atoms with Gasteiger partial charge in [-0.3, -0.25) is 0 Å². The Labute approximate surface area is 90.6 Å². The molecule has 2 rings (SSSR count). The maximum Gasteiger partial charge on any atom is 0.0650 e. The molecule has 0 fully saturated rings. The fraction of sp³-hybridized carbons (Fsp3) is 0.333. The van der Waals surface area contributed by atoms with Crippen molar-refractivity contribution in [3.05, 3.63) is 29.0 Å². The maximum atomic E-state index is 3.26. The van der Waals surface area contributed by atoms with Gasteiger partial charge in [-0.25, -0.2) is 0 Å². The van der Waals surface area contributed by atoms with Gasteiger partial charge in [-0.15, -0.1) is 0 Å². The number of rotatable bonds is 3. The molecular formula is C12H17N3. The zero-order chi connectivity index (χ0) is 10.8. The van der Waals surface area contributed by atoms with Gasteiger partial charge in [-0.05, 0) is 17.7 Å². The standard InChI is InChI=1S/C12H17N3/c1-13-9-6-8-4-5-11(14-2)12(15-3)10(8)7-9/h4-5,7,13-15H,6H2,1-3H3. The lowest BCUT2D eigenvalue weighted by molar-refractivity contribution is 0.949. The molecule has 1 aromatic rings. The first kappa shape index (κ1) is 9.90. The van der Waals surface area contributed by atoms with Crippen LogP contribution in [0.1, 0.15) is 11.1 Å². The summed E-state index contributed by atoms with van der Waals surface area (Å²) in [5.74, 6) is 0. The number of anilines is 2. The normalized spacial score (nSPS) is 13.1. The van der Waals surface area contributed by atoms with Crippen LogP contribution in [0.2, 0.25) is 0 Å². The molecular weight excluding hydrogens is 186 g/mol. The average molecular weight is 203 g/mol. The molecule has 1 aliphatic rings. The van der Waals surface area contributed by atoms with E-state index in [1.54, 1.807) is 0 Å². The molecule has 15 heavy (non-hydrogen) atoms. The van der Waals surface area contributed by atoms with Gasteiger partial charge in [-0.2, -0.15) is 0 Å². The quantitative estimate of drug-likeness (QED) is 0.702. The van der Waals surface area contributed by atoms with Crippen LogP contribution in [0.4, 0.5) is 11.4 Å². The van der Waals surface area contributed by atoms with Crippen LogP contribution in [-0.4, -0.2) is 21.1 Å². The van der Waals surface area contributed by atoms with Gasteiger partial charge in [-0.1, -0.05) is 6.07 Å². The van der Waals surface area contributed by atoms with E-state index in [1.165, 1.54) is 22.5 Å². The highest BCUT2D eigenvalue weighted by molar-refractivity contribution is 5.84. The Morgan fingerprint density at radius 3 is 2.40 bits per heavy atom. The van der Waals surface area contributed by atoms with Crippen LogP contribution < -0.4 is 16.0 Å². The summed E-state index contributed by atoms with van der Waals surface area (Å²) < 4.78 is 0. The predicted molar refractivity (Wildman–Crippen MR) is 66.3 cm³/mol. The third-order valence-corrected chi connectivity index (χ3v) is 2.88. The van der Waals surface area contributed by atoms with E-state index in [0.29, 0.717) is 0 Å². The van der Waals surface area contributed by atoms with E-state index < -0.39 is 0 Å². The van der Waals surface area contributed by atoms with Crippen molar-refractivity contribution in [3.63, 3.8) is 0 Å². The summed E-state index contributed by atoms with van der Waals surface area (Å²) >= 11 is 0. The first-order valence-electron chi connectivity index (χ1n) is 5.20. The molecule has 3 N–H and O–H groups in total. The van der Waals surface area contributed by atoms with Crippen LogP contribution in [0.15, 0.2) is 17.8 Å². The van der Waals surface area contributed by atoms with Gasteiger partial charge in [0.25, 0.3) is 0 Å². The highest BCUT2D eigenvalue weighted by Crippen LogP contribution is 2.35. The van der Waals surface area contributed by atoms with E-state index in [0.717, 1.165) is 12.1 Å². The zero-order valence-corrected chi connectivity index (χ0v) is 9.44. The van der Waals surface area contributed by atoms with Crippen molar-refractivity contribution < 1.29 is 0 Å². The van der Waals surface area contributed by atoms with Crippen LogP contribution in [0.3, 0.4) is 0 Å². The van der Waals surface area contributed by atoms with E-state index >= 15 is 0 Å². The Balaban J connectivity index is 2.51. The number of allylic oxidation sites excluding steroid dienone is 1. The molecule has 0 atom stereocenters. The van der Waals surface area contributed by atoms with Gasteiger partial charge >= 0.3 is 0 Å². The molecule has 0 bridgehead atoms. The molecule has 0 radical (unpaired) electrons. The van der Waals surface area contributed by atoms with Gasteiger partial charge in [0.05, 0.1) is 11.4 Å². The second-order valence-electron chi connectivity index (χ2n) is 3.66. The summed E-state index contributed by atoms with van der Waals surface area (Å²) in [6.45, 7) is 0. The molecule has 80 valence electrons. The first-order chi connectivity index (χ1) is 7.30. The zero-order valence-electron chi connectivity index (χ0n) is 9.44. The molecule has 1 aromatic carbocycles. The van der Waals surface area contributed by atoms with Crippen molar-refractivity contribution in [1.82, 2.24) is 5.32 Å². The third-order valence-electron chi connectivity index (χ3n) is 2.88. The number of hydrogen-bond donors (Lipinski definition) is 3. The largest absolute Gasteiger partial charge is 0.391 e. The first-order valence-corrected chi connectivity index (χ1v) is 5.20. The molecule has 0 unspecified atom stereocenters. The summed E-state index contributed by atoms with van der Waals surface area (Å²) in [5.41, 5.74) is 6.27. The number of benzene rings is 1. The Bertz CT molecular complexity index is 408. The Morgan fingerprint density at radius 2 is 1.80 bits per heavy atom. The van der Waals surface area contributed by atoms with Crippen LogP contribution in [0, 0.1) is 0 Å². The molecule has 0 aliphatic heterocycles. The topological polar surface area (TPSA) is 36.1 Å². The van der Waals surface area contributed by atoms with E-state index in [1.807, 2.05) is 21.1 Å². The molecule has 0 spiro atoms. The maximum absolute atomic E-state index is 3.26. The van der Waals surface area contributed by atoms with Crippen molar-refractivity contribution in [2.75, 3.05) is 31.8 Å². The molecule has 0 saturated heterocycles. The fourth-order valence-electron chi connectivity index (χ4n) is 2.05. The average Bonchev–Trinajstić information content (AvgIpc) is 2.70. The van der Waals surface area contributed by atoms with Crippen molar-refractivity contribution in [1.29, 1.82) is 0 Å². The highest BCUT2D eigenvalue weighted by atomic mass is 14.9. The smallest absolute Gasteiger partial charge is 0.0650 e. The fourth-order valence-corrected chi connectivity index (χ4v) is 2.05. The SMILES string of the molecule is CNC1=Cc2c(ccc(NC)c2NC)C1. The van der Waals surface area contributed by atoms with Gasteiger partial charge in [0.2, 0.25) is 0 Å². The Kier molecular flexibility index (Phi) is 2.54. The van der Waals surface area contributed by atoms with E-state index in [9.17, 15) is 0 Å². The Hall–Kier alpha value is -1.64. The van der Waals surface area contributed by atoms with Gasteiger partial charge in [0.15, 0.2) is 0 Å². The molecule has 3 heteroatoms. The summed E-state index contributed by atoms with van der Waals surface area (Å²) in [4.78, 5) is 0. The highest BCUT2D eigenvalue weighted by Gasteiger charge is 2.16. The third kappa shape index (κ3) is 1.54. The van der Waals surface area contributed by atoms with Gasteiger partial charge in [0, 0.05) is 38.8 Å². The lowest BCUT2D eigenvalue weighted by atomic mass is 10.1. The van der Waals surface area contributed by atoms with E-state index in [-0.39, 0.29) is 0 Å². The number of fused-ring (bicyclic) bond motifs is 1. The van der Waals surface area contributed by atoms with Gasteiger partial charge in [0.1, 0.15) is 0 Å². The van der Waals surface area contributed by atoms with Crippen molar-refractivity contribution >= 4 is 17.5 Å². The summed E-state index contributed by atoms with van der Waals surface area (Å²) in [5, 5.41) is 9.67. The minimum absolute atomic E-state index is 1.00. The molecule has 1 aliphatic carbocycles. The van der Waals surface area contributed by atoms with E-state index in [4.69, 9.17) is 0 Å². The molecule has 0 saturated carbocycles. The molecule has 0 heterocycles. The second-order valence-corrected chi connectivity index (χ2v) is 3.66. The van der Waals surface area contributed by atoms with Crippen molar-refractivity contribution in [3.8, 4) is 0 Å². The van der Waals surface area contributed by atoms with Gasteiger partial charge < -0.3 is 16.0 Å². The molecule has 3 nitrogen and oxygen atoms in total. The second kappa shape index (κ2) is 3.85. The number of hydrogen-bond acceptors (Lipinski definition) is 3. The lowest BCUT2D eigenvalue weighted by Gasteiger charge is -2.12. The number of likely N-dealkylation sites (N-methyl/N-ethyl adjacent to an activating group) is 1. The van der Waals surface area contributed by atoms with E-state index in [2.05, 4.69) is 34.2 Å². The number of nitrogens with one attached hydrogen (secondary N) is 3. The van der Waals surface area contributed by atoms with Crippen molar-refractivity contribution in [2.24, 2.45) is 0 Å². The predicted octanol–water partition coefficient (Wildman–Crippen LogP) is 1.89. The van der Waals surface area contributed by atoms with Crippen LogP contribution in [0.25, 0.3) is 6.08 Å². The summed E-state index contributed by atoms with van der Waals surface area (Å²) in [6.07, 6.45) is 3.21. The summed E-state index contributed by atoms with van der Waals surface area (Å²) in [7, 11) is 5.87. The minimum Gasteiger partial charge on any atom is -0.391 e. The van der Waals surface area contributed by atoms with Crippen LogP contribution in [0.5, 0.6) is 0 Å². The lowest BCUT2D eigenvalue weighted by Crippen LogP contribution is -2.04. The van der Waals surface area contributed by atoms with Crippen LogP contribution in [-0.2, 0) is 6.42 Å². The molecule has 0 amide bonds. The van der Waals surface area contributed by atoms with Crippen LogP contribution >= 0.6 is 0 Å². The minimum atomic E-state index is 1.00. The summed E-state index contributed by atoms with van der Waals surface area (Å²) in [6, 6.07) is 4.31. The van der Waals surface area contributed by atoms with Crippen molar-refractivity contribution in [2.45, 2.75) is 6.42 Å². The Morgan fingerprint density at radius 1 is 1.00 bits per heavy atom. The molecule has 0 aromatic heterocycles. The monoisotopic (exact) mass is 203 g/mol.